The van der Waals surface area contributed by atoms with Crippen LogP contribution in [0, 0.1) is 5.92 Å². The Kier molecular flexibility index (Phi) is 5.12. The Morgan fingerprint density at radius 2 is 2.05 bits per heavy atom. The summed E-state index contributed by atoms with van der Waals surface area (Å²) in [5, 5.41) is 15.0. The second-order valence-electron chi connectivity index (χ2n) is 5.17. The van der Waals surface area contributed by atoms with Crippen LogP contribution in [-0.4, -0.2) is 30.1 Å². The van der Waals surface area contributed by atoms with E-state index in [0.717, 1.165) is 32.4 Å². The lowest BCUT2D eigenvalue weighted by molar-refractivity contribution is -0.116. The van der Waals surface area contributed by atoms with Gasteiger partial charge in [-0.05, 0) is 56.5 Å². The largest absolute Gasteiger partial charge is 0.478 e. The minimum Gasteiger partial charge on any atom is -0.478 e. The van der Waals surface area contributed by atoms with Crippen molar-refractivity contribution in [1.82, 2.24) is 5.32 Å². The smallest absolute Gasteiger partial charge is 0.335 e. The van der Waals surface area contributed by atoms with Gasteiger partial charge >= 0.3 is 5.97 Å². The highest BCUT2D eigenvalue weighted by atomic mass is 16.4. The molecule has 1 aliphatic heterocycles. The Morgan fingerprint density at radius 1 is 1.30 bits per heavy atom. The van der Waals surface area contributed by atoms with Gasteiger partial charge in [-0.25, -0.2) is 4.79 Å². The third kappa shape index (κ3) is 4.35. The van der Waals surface area contributed by atoms with Gasteiger partial charge in [0.1, 0.15) is 0 Å². The van der Waals surface area contributed by atoms with Crippen molar-refractivity contribution in [1.29, 1.82) is 0 Å². The predicted octanol–water partition coefficient (Wildman–Crippen LogP) is 2.10. The normalized spacial score (nSPS) is 15.8. The van der Waals surface area contributed by atoms with Crippen LogP contribution in [0.5, 0.6) is 0 Å². The molecule has 0 saturated carbocycles. The zero-order valence-electron chi connectivity index (χ0n) is 11.4. The van der Waals surface area contributed by atoms with E-state index in [9.17, 15) is 9.59 Å². The van der Waals surface area contributed by atoms with Gasteiger partial charge in [-0.3, -0.25) is 4.79 Å². The topological polar surface area (TPSA) is 78.4 Å². The zero-order valence-corrected chi connectivity index (χ0v) is 11.4. The molecule has 2 rings (SSSR count). The Hall–Kier alpha value is -1.88. The first kappa shape index (κ1) is 14.5. The number of anilines is 1. The molecule has 1 aliphatic rings. The Morgan fingerprint density at radius 3 is 2.75 bits per heavy atom. The number of carboxylic acid groups (broad SMARTS) is 1. The van der Waals surface area contributed by atoms with Crippen LogP contribution in [0.3, 0.4) is 0 Å². The quantitative estimate of drug-likeness (QED) is 0.769. The van der Waals surface area contributed by atoms with Crippen LogP contribution < -0.4 is 10.6 Å². The predicted molar refractivity (Wildman–Crippen MR) is 76.9 cm³/mol. The van der Waals surface area contributed by atoms with Crippen molar-refractivity contribution in [2.24, 2.45) is 5.92 Å². The van der Waals surface area contributed by atoms with E-state index >= 15 is 0 Å². The number of aromatic carboxylic acids is 1. The van der Waals surface area contributed by atoms with Gasteiger partial charge in [0.2, 0.25) is 5.91 Å². The molecule has 0 unspecified atom stereocenters. The van der Waals surface area contributed by atoms with Crippen molar-refractivity contribution in [3.05, 3.63) is 29.8 Å². The number of amides is 1. The van der Waals surface area contributed by atoms with Crippen LogP contribution in [0.2, 0.25) is 0 Å². The van der Waals surface area contributed by atoms with E-state index in [2.05, 4.69) is 10.6 Å². The third-order valence-corrected chi connectivity index (χ3v) is 3.63. The Labute approximate surface area is 118 Å². The number of nitrogens with one attached hydrogen (secondary N) is 2. The molecule has 1 amide bonds. The molecule has 0 spiro atoms. The monoisotopic (exact) mass is 276 g/mol. The molecular formula is C15H20N2O3. The maximum absolute atomic E-state index is 11.9. The first-order valence-corrected chi connectivity index (χ1v) is 6.99. The molecule has 108 valence electrons. The second-order valence-corrected chi connectivity index (χ2v) is 5.17. The number of hydrogen-bond acceptors (Lipinski definition) is 3. The fourth-order valence-corrected chi connectivity index (χ4v) is 2.46. The Balaban J connectivity index is 1.81. The zero-order chi connectivity index (χ0) is 14.4. The highest BCUT2D eigenvalue weighted by Crippen LogP contribution is 2.18. The molecule has 1 aromatic carbocycles. The second kappa shape index (κ2) is 7.05. The minimum absolute atomic E-state index is 0.0499. The van der Waals surface area contributed by atoms with E-state index in [0.29, 0.717) is 18.0 Å². The number of piperidine rings is 1. The highest BCUT2D eigenvalue weighted by Gasteiger charge is 2.14. The molecule has 1 fully saturated rings. The molecule has 3 N–H and O–H groups in total. The summed E-state index contributed by atoms with van der Waals surface area (Å²) in [6.45, 7) is 2.07. The molecule has 0 aromatic heterocycles. The molecule has 0 atom stereocenters. The van der Waals surface area contributed by atoms with Crippen LogP contribution in [0.25, 0.3) is 0 Å². The third-order valence-electron chi connectivity index (χ3n) is 3.63. The van der Waals surface area contributed by atoms with E-state index in [1.807, 2.05) is 0 Å². The minimum atomic E-state index is -0.990. The molecule has 0 bridgehead atoms. The number of carbonyl (C=O) groups excluding carboxylic acids is 1. The summed E-state index contributed by atoms with van der Waals surface area (Å²) < 4.78 is 0. The van der Waals surface area contributed by atoms with Crippen molar-refractivity contribution in [3.8, 4) is 0 Å². The van der Waals surface area contributed by atoms with Gasteiger partial charge in [0, 0.05) is 12.1 Å². The molecule has 0 radical (unpaired) electrons. The SMILES string of the molecule is O=C(CCC1CCNCC1)Nc1cccc(C(=O)O)c1. The number of benzene rings is 1. The van der Waals surface area contributed by atoms with E-state index in [1.165, 1.54) is 12.1 Å². The van der Waals surface area contributed by atoms with E-state index in [4.69, 9.17) is 5.11 Å². The average Bonchev–Trinajstić information content (AvgIpc) is 2.46. The van der Waals surface area contributed by atoms with E-state index in [-0.39, 0.29) is 11.5 Å². The number of hydrogen-bond donors (Lipinski definition) is 3. The number of carbonyl (C=O) groups is 2. The van der Waals surface area contributed by atoms with E-state index < -0.39 is 5.97 Å². The van der Waals surface area contributed by atoms with Crippen molar-refractivity contribution in [3.63, 3.8) is 0 Å². The van der Waals surface area contributed by atoms with Crippen molar-refractivity contribution in [2.45, 2.75) is 25.7 Å². The highest BCUT2D eigenvalue weighted by molar-refractivity contribution is 5.93. The van der Waals surface area contributed by atoms with Gasteiger partial charge < -0.3 is 15.7 Å². The summed E-state index contributed by atoms with van der Waals surface area (Å²) >= 11 is 0. The molecule has 0 aliphatic carbocycles. The van der Waals surface area contributed by atoms with Gasteiger partial charge in [0.25, 0.3) is 0 Å². The molecule has 5 heteroatoms. The summed E-state index contributed by atoms with van der Waals surface area (Å²) in [7, 11) is 0. The lowest BCUT2D eigenvalue weighted by Crippen LogP contribution is -2.28. The first-order valence-electron chi connectivity index (χ1n) is 6.99. The van der Waals surface area contributed by atoms with Crippen LogP contribution in [-0.2, 0) is 4.79 Å². The molecule has 20 heavy (non-hydrogen) atoms. The van der Waals surface area contributed by atoms with Gasteiger partial charge in [-0.2, -0.15) is 0 Å². The number of rotatable bonds is 5. The molecule has 1 aromatic rings. The van der Waals surface area contributed by atoms with Gasteiger partial charge in [0.05, 0.1) is 5.56 Å². The van der Waals surface area contributed by atoms with Crippen molar-refractivity contribution >= 4 is 17.6 Å². The van der Waals surface area contributed by atoms with E-state index in [1.54, 1.807) is 12.1 Å². The maximum atomic E-state index is 11.9. The van der Waals surface area contributed by atoms with Gasteiger partial charge in [-0.1, -0.05) is 6.07 Å². The molecule has 1 saturated heterocycles. The van der Waals surface area contributed by atoms with Crippen molar-refractivity contribution in [2.75, 3.05) is 18.4 Å². The van der Waals surface area contributed by atoms with Crippen LogP contribution in [0.1, 0.15) is 36.0 Å². The summed E-state index contributed by atoms with van der Waals surface area (Å²) in [5.41, 5.74) is 0.723. The summed E-state index contributed by atoms with van der Waals surface area (Å²) in [6, 6.07) is 6.32. The average molecular weight is 276 g/mol. The van der Waals surface area contributed by atoms with Gasteiger partial charge in [0.15, 0.2) is 0 Å². The van der Waals surface area contributed by atoms with Crippen molar-refractivity contribution < 1.29 is 14.7 Å². The molecule has 1 heterocycles. The number of carboxylic acids is 1. The molecule has 5 nitrogen and oxygen atoms in total. The van der Waals surface area contributed by atoms with Crippen LogP contribution >= 0.6 is 0 Å². The first-order chi connectivity index (χ1) is 9.65. The lowest BCUT2D eigenvalue weighted by atomic mass is 9.93. The van der Waals surface area contributed by atoms with Crippen LogP contribution in [0.4, 0.5) is 5.69 Å². The fraction of sp³-hybridized carbons (Fsp3) is 0.467. The lowest BCUT2D eigenvalue weighted by Gasteiger charge is -2.22. The summed E-state index contributed by atoms with van der Waals surface area (Å²) in [4.78, 5) is 22.7. The van der Waals surface area contributed by atoms with Crippen LogP contribution in [0.15, 0.2) is 24.3 Å². The summed E-state index contributed by atoms with van der Waals surface area (Å²) in [5.74, 6) is -0.422. The summed E-state index contributed by atoms with van der Waals surface area (Å²) in [6.07, 6.45) is 3.64. The van der Waals surface area contributed by atoms with Gasteiger partial charge in [-0.15, -0.1) is 0 Å². The molecular weight excluding hydrogens is 256 g/mol. The fourth-order valence-electron chi connectivity index (χ4n) is 2.46. The maximum Gasteiger partial charge on any atom is 0.335 e. The standard InChI is InChI=1S/C15H20N2O3/c18-14(5-4-11-6-8-16-9-7-11)17-13-3-1-2-12(10-13)15(19)20/h1-3,10-11,16H,4-9H2,(H,17,18)(H,19,20). The Bertz CT molecular complexity index is 482.